The minimum Gasteiger partial charge on any atom is -0.361 e. The van der Waals surface area contributed by atoms with Crippen molar-refractivity contribution < 1.29 is 4.74 Å². The summed E-state index contributed by atoms with van der Waals surface area (Å²) in [6.45, 7) is 6.92. The van der Waals surface area contributed by atoms with Crippen LogP contribution in [0, 0.1) is 20.8 Å². The molecule has 0 saturated heterocycles. The lowest BCUT2D eigenvalue weighted by Gasteiger charge is -2.10. The molecule has 0 amide bonds. The maximum absolute atomic E-state index is 5.47. The number of hydrogen-bond donors (Lipinski definition) is 0. The fraction of sp³-hybridized carbons (Fsp3) is 0.455. The average Bonchev–Trinajstić information content (AvgIpc) is 2.02. The number of rotatable bonds is 3. The zero-order valence-electron chi connectivity index (χ0n) is 8.36. The molecule has 0 spiro atoms. The molecule has 1 aromatic carbocycles. The van der Waals surface area contributed by atoms with Crippen LogP contribution in [0.3, 0.4) is 0 Å². The van der Waals surface area contributed by atoms with Crippen LogP contribution < -0.4 is 0 Å². The van der Waals surface area contributed by atoms with Crippen molar-refractivity contribution >= 4 is 11.6 Å². The van der Waals surface area contributed by atoms with Gasteiger partial charge in [0.1, 0.15) is 6.07 Å². The van der Waals surface area contributed by atoms with Crippen molar-refractivity contribution in [1.29, 1.82) is 0 Å². The Morgan fingerprint density at radius 1 is 1.15 bits per heavy atom. The van der Waals surface area contributed by atoms with E-state index in [0.29, 0.717) is 6.61 Å². The summed E-state index contributed by atoms with van der Waals surface area (Å²) in [6, 6.07) is 4.59. The van der Waals surface area contributed by atoms with E-state index in [0.717, 1.165) is 0 Å². The Labute approximate surface area is 84.7 Å². The molecule has 1 nitrogen and oxygen atoms in total. The summed E-state index contributed by atoms with van der Waals surface area (Å²) >= 11 is 5.47. The van der Waals surface area contributed by atoms with E-state index < -0.39 is 0 Å². The van der Waals surface area contributed by atoms with Gasteiger partial charge in [0.25, 0.3) is 0 Å². The van der Waals surface area contributed by atoms with Crippen LogP contribution >= 0.6 is 11.6 Å². The van der Waals surface area contributed by atoms with Crippen LogP contribution in [0.15, 0.2) is 12.1 Å². The minimum absolute atomic E-state index is 0.257. The first-order chi connectivity index (χ1) is 6.15. The molecule has 0 aliphatic carbocycles. The van der Waals surface area contributed by atoms with Crippen LogP contribution in [0.4, 0.5) is 0 Å². The molecule has 1 rings (SSSR count). The molecule has 13 heavy (non-hydrogen) atoms. The molecule has 2 heteroatoms. The predicted molar refractivity (Wildman–Crippen MR) is 56.2 cm³/mol. The normalized spacial score (nSPS) is 10.5. The van der Waals surface area contributed by atoms with Crippen molar-refractivity contribution in [2.75, 3.05) is 6.07 Å². The summed E-state index contributed by atoms with van der Waals surface area (Å²) in [4.78, 5) is 0. The lowest BCUT2D eigenvalue weighted by Crippen LogP contribution is -1.97. The van der Waals surface area contributed by atoms with Gasteiger partial charge in [-0.1, -0.05) is 29.3 Å². The van der Waals surface area contributed by atoms with E-state index in [-0.39, 0.29) is 6.07 Å². The molecule has 0 atom stereocenters. The molecule has 72 valence electrons. The van der Waals surface area contributed by atoms with Gasteiger partial charge in [0.05, 0.1) is 6.61 Å². The number of alkyl halides is 1. The first kappa shape index (κ1) is 10.6. The molecule has 0 heterocycles. The van der Waals surface area contributed by atoms with Crippen molar-refractivity contribution in [1.82, 2.24) is 0 Å². The van der Waals surface area contributed by atoms with Crippen molar-refractivity contribution in [3.8, 4) is 0 Å². The van der Waals surface area contributed by atoms with E-state index in [1.165, 1.54) is 22.3 Å². The predicted octanol–water partition coefficient (Wildman–Crippen LogP) is 3.32. The maximum Gasteiger partial charge on any atom is 0.121 e. The molecule has 1 aromatic rings. The maximum atomic E-state index is 5.47. The Hall–Kier alpha value is -0.530. The van der Waals surface area contributed by atoms with Crippen LogP contribution in [0.2, 0.25) is 0 Å². The van der Waals surface area contributed by atoms with Gasteiger partial charge in [0.2, 0.25) is 0 Å². The Kier molecular flexibility index (Phi) is 3.76. The van der Waals surface area contributed by atoms with Crippen molar-refractivity contribution in [3.05, 3.63) is 34.4 Å². The van der Waals surface area contributed by atoms with Gasteiger partial charge in [-0.25, -0.2) is 0 Å². The van der Waals surface area contributed by atoms with Crippen LogP contribution in [0.1, 0.15) is 22.3 Å². The van der Waals surface area contributed by atoms with Gasteiger partial charge in [-0.05, 0) is 37.5 Å². The number of aryl methyl sites for hydroxylation is 3. The summed E-state index contributed by atoms with van der Waals surface area (Å²) in [5.41, 5.74) is 5.11. The van der Waals surface area contributed by atoms with Crippen LogP contribution in [0.25, 0.3) is 0 Å². The molecule has 0 radical (unpaired) electrons. The number of halogens is 1. The van der Waals surface area contributed by atoms with Gasteiger partial charge < -0.3 is 4.74 Å². The number of hydrogen-bond acceptors (Lipinski definition) is 1. The highest BCUT2D eigenvalue weighted by molar-refractivity contribution is 6.17. The van der Waals surface area contributed by atoms with Gasteiger partial charge in [-0.15, -0.1) is 0 Å². The summed E-state index contributed by atoms with van der Waals surface area (Å²) in [7, 11) is 0. The highest BCUT2D eigenvalue weighted by atomic mass is 35.5. The molecule has 0 aromatic heterocycles. The third-order valence-corrected chi connectivity index (χ3v) is 2.32. The van der Waals surface area contributed by atoms with Crippen LogP contribution in [0.5, 0.6) is 0 Å². The molecule has 0 N–H and O–H groups in total. The van der Waals surface area contributed by atoms with Gasteiger partial charge in [-0.2, -0.15) is 0 Å². The fourth-order valence-corrected chi connectivity index (χ4v) is 1.66. The molecule has 0 saturated carbocycles. The zero-order chi connectivity index (χ0) is 9.84. The van der Waals surface area contributed by atoms with E-state index in [1.54, 1.807) is 0 Å². The quantitative estimate of drug-likeness (QED) is 0.678. The number of benzene rings is 1. The molecule has 0 bridgehead atoms. The van der Waals surface area contributed by atoms with Crippen molar-refractivity contribution in [2.45, 2.75) is 27.4 Å². The lowest BCUT2D eigenvalue weighted by atomic mass is 10.0. The Morgan fingerprint density at radius 2 is 1.69 bits per heavy atom. The lowest BCUT2D eigenvalue weighted by molar-refractivity contribution is 0.164. The van der Waals surface area contributed by atoms with Gasteiger partial charge in [0, 0.05) is 0 Å². The average molecular weight is 199 g/mol. The highest BCUT2D eigenvalue weighted by Crippen LogP contribution is 2.17. The summed E-state index contributed by atoms with van der Waals surface area (Å²) in [5.74, 6) is 0. The van der Waals surface area contributed by atoms with E-state index in [2.05, 4.69) is 32.9 Å². The second-order valence-corrected chi connectivity index (χ2v) is 3.55. The minimum atomic E-state index is 0.257. The van der Waals surface area contributed by atoms with Crippen molar-refractivity contribution in [2.24, 2.45) is 0 Å². The zero-order valence-corrected chi connectivity index (χ0v) is 9.11. The molecular formula is C11H15ClO. The monoisotopic (exact) mass is 198 g/mol. The molecular weight excluding hydrogens is 184 g/mol. The summed E-state index contributed by atoms with van der Waals surface area (Å²) in [6.07, 6.45) is 0. The van der Waals surface area contributed by atoms with Crippen LogP contribution in [-0.2, 0) is 11.3 Å². The number of ether oxygens (including phenoxy) is 1. The Bertz CT molecular complexity index is 271. The van der Waals surface area contributed by atoms with Crippen LogP contribution in [-0.4, -0.2) is 6.07 Å². The first-order valence-corrected chi connectivity index (χ1v) is 4.89. The molecule has 0 unspecified atom stereocenters. The van der Waals surface area contributed by atoms with E-state index in [1.807, 2.05) is 0 Å². The first-order valence-electron chi connectivity index (χ1n) is 4.35. The van der Waals surface area contributed by atoms with E-state index in [9.17, 15) is 0 Å². The highest BCUT2D eigenvalue weighted by Gasteiger charge is 2.02. The van der Waals surface area contributed by atoms with E-state index >= 15 is 0 Å². The summed E-state index contributed by atoms with van der Waals surface area (Å²) in [5, 5.41) is 0. The second kappa shape index (κ2) is 4.64. The standard InChI is InChI=1S/C11H15ClO/c1-8-4-9(2)11(6-13-7-12)10(3)5-8/h4-5H,6-7H2,1-3H3. The smallest absolute Gasteiger partial charge is 0.121 e. The van der Waals surface area contributed by atoms with Gasteiger partial charge >= 0.3 is 0 Å². The van der Waals surface area contributed by atoms with Gasteiger partial charge in [0.15, 0.2) is 0 Å². The molecule has 0 aliphatic heterocycles. The second-order valence-electron chi connectivity index (χ2n) is 3.33. The summed E-state index contributed by atoms with van der Waals surface area (Å²) < 4.78 is 5.19. The largest absolute Gasteiger partial charge is 0.361 e. The third kappa shape index (κ3) is 2.71. The Balaban J connectivity index is 2.92. The molecule has 0 aliphatic rings. The third-order valence-electron chi connectivity index (χ3n) is 2.16. The Morgan fingerprint density at radius 3 is 2.15 bits per heavy atom. The van der Waals surface area contributed by atoms with E-state index in [4.69, 9.17) is 16.3 Å². The fourth-order valence-electron chi connectivity index (χ4n) is 1.58. The van der Waals surface area contributed by atoms with Gasteiger partial charge in [-0.3, -0.25) is 0 Å². The molecule has 0 fully saturated rings. The van der Waals surface area contributed by atoms with Crippen molar-refractivity contribution in [3.63, 3.8) is 0 Å². The topological polar surface area (TPSA) is 9.23 Å². The SMILES string of the molecule is Cc1cc(C)c(COCCl)c(C)c1.